The van der Waals surface area contributed by atoms with E-state index in [2.05, 4.69) is 5.32 Å². The van der Waals surface area contributed by atoms with E-state index in [1.54, 1.807) is 6.26 Å². The second-order valence-electron chi connectivity index (χ2n) is 6.18. The second-order valence-corrected chi connectivity index (χ2v) is 6.57. The van der Waals surface area contributed by atoms with Crippen molar-refractivity contribution in [1.82, 2.24) is 10.2 Å². The first-order valence-corrected chi connectivity index (χ1v) is 9.04. The van der Waals surface area contributed by atoms with E-state index in [1.807, 2.05) is 17.0 Å². The highest BCUT2D eigenvalue weighted by atomic mass is 32.1. The molecule has 1 aliphatic rings. The summed E-state index contributed by atoms with van der Waals surface area (Å²) < 4.78 is 30.1. The molecule has 2 heterocycles. The Morgan fingerprint density at radius 1 is 1.44 bits per heavy atom. The third kappa shape index (κ3) is 5.27. The summed E-state index contributed by atoms with van der Waals surface area (Å²) in [6, 6.07) is 7.61. The summed E-state index contributed by atoms with van der Waals surface area (Å²) in [4.78, 5) is 13.7. The zero-order valence-electron chi connectivity index (χ0n) is 14.9. The third-order valence-corrected chi connectivity index (χ3v) is 4.57. The number of thiocarbonyl (C=S) groups is 1. The van der Waals surface area contributed by atoms with Gasteiger partial charge in [0.25, 0.3) is 0 Å². The molecule has 1 fully saturated rings. The first-order chi connectivity index (χ1) is 13.0. The normalized spacial score (nSPS) is 16.8. The number of hydrogen-bond donors (Lipinski definition) is 1. The molecule has 1 N–H and O–H groups in total. The molecule has 0 spiro atoms. The monoisotopic (exact) mass is 392 g/mol. The molecular weight excluding hydrogens is 371 g/mol. The highest BCUT2D eigenvalue weighted by Gasteiger charge is 2.23. The fourth-order valence-electron chi connectivity index (χ4n) is 2.78. The average molecular weight is 392 g/mol. The molecule has 8 heteroatoms. The van der Waals surface area contributed by atoms with Gasteiger partial charge < -0.3 is 24.1 Å². The van der Waals surface area contributed by atoms with Crippen LogP contribution < -0.4 is 10.1 Å². The van der Waals surface area contributed by atoms with Gasteiger partial charge >= 0.3 is 0 Å². The van der Waals surface area contributed by atoms with Gasteiger partial charge in [0.1, 0.15) is 30.0 Å². The molecule has 0 amide bonds. The molecule has 1 saturated heterocycles. The molecule has 144 valence electrons. The number of carbonyl (C=O) groups excluding carboxylic acids is 1. The van der Waals surface area contributed by atoms with Gasteiger partial charge in [0.15, 0.2) is 10.9 Å². The number of carbonyl (C=O) groups is 1. The molecule has 1 aliphatic heterocycles. The summed E-state index contributed by atoms with van der Waals surface area (Å²) in [5.41, 5.74) is 0.221. The lowest BCUT2D eigenvalue weighted by atomic mass is 10.1. The van der Waals surface area contributed by atoms with Crippen molar-refractivity contribution in [2.24, 2.45) is 0 Å². The van der Waals surface area contributed by atoms with Gasteiger partial charge in [-0.25, -0.2) is 4.39 Å². The molecule has 1 aromatic heterocycles. The molecule has 3 rings (SSSR count). The summed E-state index contributed by atoms with van der Waals surface area (Å²) in [6.07, 6.45) is 1.40. The number of ether oxygens (including phenoxy) is 2. The van der Waals surface area contributed by atoms with Crippen LogP contribution in [0.15, 0.2) is 41.0 Å². The van der Waals surface area contributed by atoms with E-state index in [1.165, 1.54) is 25.1 Å². The molecule has 0 saturated carbocycles. The number of nitrogens with one attached hydrogen (secondary N) is 1. The van der Waals surface area contributed by atoms with Gasteiger partial charge in [-0.05, 0) is 49.5 Å². The van der Waals surface area contributed by atoms with Crippen molar-refractivity contribution in [3.8, 4) is 5.75 Å². The van der Waals surface area contributed by atoms with Gasteiger partial charge in [-0.3, -0.25) is 4.79 Å². The topological polar surface area (TPSA) is 63.9 Å². The van der Waals surface area contributed by atoms with Crippen LogP contribution in [0.5, 0.6) is 5.75 Å². The largest absolute Gasteiger partial charge is 0.490 e. The maximum Gasteiger partial charge on any atom is 0.169 e. The van der Waals surface area contributed by atoms with Gasteiger partial charge in [0.05, 0.1) is 25.0 Å². The average Bonchev–Trinajstić information content (AvgIpc) is 3.19. The van der Waals surface area contributed by atoms with Crippen LogP contribution in [-0.2, 0) is 11.3 Å². The van der Waals surface area contributed by atoms with E-state index >= 15 is 0 Å². The predicted molar refractivity (Wildman–Crippen MR) is 101 cm³/mol. The Balaban J connectivity index is 1.52. The van der Waals surface area contributed by atoms with Crippen LogP contribution in [0.3, 0.4) is 0 Å². The SMILES string of the molecule is CC(=O)c1cc(F)ccc1OCC1CN(C(=S)NCc2ccco2)CCO1. The number of halogens is 1. The number of nitrogens with zero attached hydrogens (tertiary/aromatic N) is 1. The maximum atomic E-state index is 13.3. The fraction of sp³-hybridized carbons (Fsp3) is 0.368. The van der Waals surface area contributed by atoms with E-state index in [0.717, 1.165) is 5.76 Å². The predicted octanol–water partition coefficient (Wildman–Crippen LogP) is 2.78. The Bertz CT molecular complexity index is 797. The van der Waals surface area contributed by atoms with Gasteiger partial charge in [0.2, 0.25) is 0 Å². The number of benzene rings is 1. The molecule has 1 unspecified atom stereocenters. The number of hydrogen-bond acceptors (Lipinski definition) is 5. The summed E-state index contributed by atoms with van der Waals surface area (Å²) >= 11 is 5.44. The van der Waals surface area contributed by atoms with Crippen molar-refractivity contribution >= 4 is 23.1 Å². The Hall–Kier alpha value is -2.45. The lowest BCUT2D eigenvalue weighted by Crippen LogP contribution is -2.50. The number of morpholine rings is 1. The van der Waals surface area contributed by atoms with Crippen LogP contribution >= 0.6 is 12.2 Å². The van der Waals surface area contributed by atoms with Crippen LogP contribution in [0.2, 0.25) is 0 Å². The Kier molecular flexibility index (Phi) is 6.41. The standard InChI is InChI=1S/C19H21FN2O4S/c1-13(23)17-9-14(20)4-5-18(17)26-12-16-11-22(6-8-25-16)19(27)21-10-15-3-2-7-24-15/h2-5,7,9,16H,6,8,10-12H2,1H3,(H,21,27). The zero-order valence-corrected chi connectivity index (χ0v) is 15.8. The molecule has 0 radical (unpaired) electrons. The number of rotatable bonds is 6. The maximum absolute atomic E-state index is 13.3. The Labute approximate surface area is 162 Å². The lowest BCUT2D eigenvalue weighted by Gasteiger charge is -2.34. The van der Waals surface area contributed by atoms with Crippen LogP contribution in [-0.4, -0.2) is 48.2 Å². The van der Waals surface area contributed by atoms with Crippen molar-refractivity contribution < 1.29 is 23.1 Å². The number of furan rings is 1. The molecule has 1 atom stereocenters. The van der Waals surface area contributed by atoms with E-state index in [0.29, 0.717) is 37.1 Å². The fourth-order valence-corrected chi connectivity index (χ4v) is 3.02. The smallest absolute Gasteiger partial charge is 0.169 e. The van der Waals surface area contributed by atoms with Crippen LogP contribution in [0.4, 0.5) is 4.39 Å². The van der Waals surface area contributed by atoms with Crippen molar-refractivity contribution in [3.05, 3.63) is 53.7 Å². The molecule has 6 nitrogen and oxygen atoms in total. The van der Waals surface area contributed by atoms with Crippen LogP contribution in [0.25, 0.3) is 0 Å². The van der Waals surface area contributed by atoms with Gasteiger partial charge in [-0.2, -0.15) is 0 Å². The Morgan fingerprint density at radius 3 is 3.04 bits per heavy atom. The minimum atomic E-state index is -0.472. The van der Waals surface area contributed by atoms with Crippen molar-refractivity contribution in [1.29, 1.82) is 0 Å². The van der Waals surface area contributed by atoms with Crippen molar-refractivity contribution in [3.63, 3.8) is 0 Å². The summed E-state index contributed by atoms with van der Waals surface area (Å²) in [5.74, 6) is 0.432. The number of Topliss-reactive ketones (excluding diaryl/α,β-unsaturated/α-hetero) is 1. The molecular formula is C19H21FN2O4S. The highest BCUT2D eigenvalue weighted by Crippen LogP contribution is 2.21. The molecule has 0 bridgehead atoms. The van der Waals surface area contributed by atoms with Crippen molar-refractivity contribution in [2.45, 2.75) is 19.6 Å². The van der Waals surface area contributed by atoms with E-state index in [9.17, 15) is 9.18 Å². The van der Waals surface area contributed by atoms with E-state index in [-0.39, 0.29) is 24.1 Å². The van der Waals surface area contributed by atoms with Crippen LogP contribution in [0.1, 0.15) is 23.0 Å². The zero-order chi connectivity index (χ0) is 19.2. The van der Waals surface area contributed by atoms with Gasteiger partial charge in [-0.15, -0.1) is 0 Å². The molecule has 1 aromatic carbocycles. The lowest BCUT2D eigenvalue weighted by molar-refractivity contribution is -0.0289. The minimum absolute atomic E-state index is 0.216. The van der Waals surface area contributed by atoms with Crippen LogP contribution in [0, 0.1) is 5.82 Å². The summed E-state index contributed by atoms with van der Waals surface area (Å²) in [6.45, 7) is 3.88. The van der Waals surface area contributed by atoms with Gasteiger partial charge in [-0.1, -0.05) is 0 Å². The Morgan fingerprint density at radius 2 is 2.30 bits per heavy atom. The molecule has 2 aromatic rings. The summed E-state index contributed by atoms with van der Waals surface area (Å²) in [7, 11) is 0. The minimum Gasteiger partial charge on any atom is -0.490 e. The second kappa shape index (κ2) is 8.96. The van der Waals surface area contributed by atoms with Crippen molar-refractivity contribution in [2.75, 3.05) is 26.3 Å². The first kappa shape index (κ1) is 19.3. The van der Waals surface area contributed by atoms with E-state index in [4.69, 9.17) is 26.1 Å². The molecule has 0 aliphatic carbocycles. The first-order valence-electron chi connectivity index (χ1n) is 8.63. The quantitative estimate of drug-likeness (QED) is 0.599. The summed E-state index contributed by atoms with van der Waals surface area (Å²) in [5, 5.41) is 3.78. The molecule has 27 heavy (non-hydrogen) atoms. The highest BCUT2D eigenvalue weighted by molar-refractivity contribution is 7.80. The van der Waals surface area contributed by atoms with E-state index < -0.39 is 5.82 Å². The number of ketones is 1. The van der Waals surface area contributed by atoms with Gasteiger partial charge in [0, 0.05) is 13.1 Å². The third-order valence-electron chi connectivity index (χ3n) is 4.17.